The summed E-state index contributed by atoms with van der Waals surface area (Å²) in [6, 6.07) is 31.5. The Balaban J connectivity index is 1.08. The molecule has 6 aromatic rings. The molecule has 2 aromatic heterocycles. The second kappa shape index (κ2) is 19.4. The van der Waals surface area contributed by atoms with Crippen molar-refractivity contribution in [3.63, 3.8) is 0 Å². The first-order valence-corrected chi connectivity index (χ1v) is 18.4. The molecular formula is C44H41N7O8. The molecule has 0 saturated heterocycles. The molecule has 0 radical (unpaired) electrons. The number of imidazole rings is 1. The lowest BCUT2D eigenvalue weighted by Gasteiger charge is -2.21. The second-order valence-electron chi connectivity index (χ2n) is 12.9. The van der Waals surface area contributed by atoms with Gasteiger partial charge in [0.05, 0.1) is 38.2 Å². The van der Waals surface area contributed by atoms with Crippen molar-refractivity contribution in [1.29, 1.82) is 5.41 Å². The van der Waals surface area contributed by atoms with Crippen LogP contribution in [0, 0.1) is 5.41 Å². The minimum absolute atomic E-state index is 0.0287. The SMILES string of the molecule is COC(=O)/C=C/c1ccc(OC(=O)CCN(C(=O)c2ccc3c(c2)nc(CNc2ccc(C(=N)NC(=O)OCc4ccccc4)cc2)n3C)c2ccccn2)c(OC)c1. The highest BCUT2D eigenvalue weighted by atomic mass is 16.6. The van der Waals surface area contributed by atoms with Gasteiger partial charge in [-0.05, 0) is 83.9 Å². The standard InChI is InChI=1S/C44H41N7O8/c1-50-35-19-16-32(26-34(35)48-39(50)27-47-33-17-14-31(15-18-33)42(45)49-44(55)58-28-30-9-5-4-6-10-30)43(54)51(38-11-7-8-23-46-38)24-22-41(53)59-36-20-12-29(25-37(36)56-2)13-21-40(52)57-3/h4-21,23,25-26,47H,22,24,27-28H2,1-3H3,(H2,45,49,55)/b21-13+. The van der Waals surface area contributed by atoms with Gasteiger partial charge in [0.15, 0.2) is 11.5 Å². The number of amides is 2. The molecule has 0 spiro atoms. The molecule has 0 aliphatic carbocycles. The zero-order chi connectivity index (χ0) is 41.7. The molecule has 0 unspecified atom stereocenters. The quantitative estimate of drug-likeness (QED) is 0.0331. The number of nitrogens with zero attached hydrogens (tertiary/aromatic N) is 4. The highest BCUT2D eigenvalue weighted by Crippen LogP contribution is 2.29. The number of ether oxygens (including phenoxy) is 4. The number of rotatable bonds is 15. The molecule has 3 N–H and O–H groups in total. The molecule has 0 fully saturated rings. The smallest absolute Gasteiger partial charge is 0.413 e. The van der Waals surface area contributed by atoms with Gasteiger partial charge in [0.1, 0.15) is 24.1 Å². The minimum atomic E-state index is -0.716. The van der Waals surface area contributed by atoms with Gasteiger partial charge in [-0.15, -0.1) is 0 Å². The Kier molecular flexibility index (Phi) is 13.4. The summed E-state index contributed by atoms with van der Waals surface area (Å²) < 4.78 is 22.8. The van der Waals surface area contributed by atoms with Crippen molar-refractivity contribution in [3.8, 4) is 11.5 Å². The molecule has 2 amide bonds. The van der Waals surface area contributed by atoms with Crippen LogP contribution in [-0.4, -0.2) is 65.1 Å². The lowest BCUT2D eigenvalue weighted by molar-refractivity contribution is -0.135. The van der Waals surface area contributed by atoms with E-state index in [0.29, 0.717) is 40.4 Å². The third kappa shape index (κ3) is 10.7. The Morgan fingerprint density at radius 3 is 2.36 bits per heavy atom. The number of carbonyl (C=O) groups is 4. The largest absolute Gasteiger partial charge is 0.493 e. The first kappa shape index (κ1) is 40.8. The number of anilines is 2. The van der Waals surface area contributed by atoms with Gasteiger partial charge in [-0.3, -0.25) is 25.2 Å². The van der Waals surface area contributed by atoms with Crippen molar-refractivity contribution in [2.45, 2.75) is 19.6 Å². The predicted molar refractivity (Wildman–Crippen MR) is 221 cm³/mol. The van der Waals surface area contributed by atoms with Crippen LogP contribution in [0.5, 0.6) is 11.5 Å². The summed E-state index contributed by atoms with van der Waals surface area (Å²) in [5, 5.41) is 14.1. The monoisotopic (exact) mass is 795 g/mol. The van der Waals surface area contributed by atoms with E-state index < -0.39 is 18.0 Å². The van der Waals surface area contributed by atoms with Gasteiger partial charge in [0.25, 0.3) is 5.91 Å². The van der Waals surface area contributed by atoms with E-state index in [1.807, 2.05) is 48.0 Å². The topological polar surface area (TPSA) is 187 Å². The second-order valence-corrected chi connectivity index (χ2v) is 12.9. The van der Waals surface area contributed by atoms with Crippen molar-refractivity contribution >= 4 is 58.4 Å². The number of aryl methyl sites for hydroxylation is 1. The third-order valence-electron chi connectivity index (χ3n) is 9.02. The molecule has 2 heterocycles. The number of esters is 2. The Morgan fingerprint density at radius 2 is 1.63 bits per heavy atom. The zero-order valence-electron chi connectivity index (χ0n) is 32.5. The molecule has 4 aromatic carbocycles. The van der Waals surface area contributed by atoms with Gasteiger partial charge in [-0.25, -0.2) is 19.6 Å². The van der Waals surface area contributed by atoms with E-state index in [4.69, 9.17) is 24.6 Å². The first-order valence-electron chi connectivity index (χ1n) is 18.4. The maximum Gasteiger partial charge on any atom is 0.413 e. The van der Waals surface area contributed by atoms with Gasteiger partial charge >= 0.3 is 18.0 Å². The molecule has 300 valence electrons. The summed E-state index contributed by atoms with van der Waals surface area (Å²) in [5.41, 5.74) is 4.50. The number of benzene rings is 4. The molecule has 0 bridgehead atoms. The highest BCUT2D eigenvalue weighted by molar-refractivity contribution is 6.07. The molecule has 15 heteroatoms. The van der Waals surface area contributed by atoms with Crippen molar-refractivity contribution in [3.05, 3.63) is 150 Å². The van der Waals surface area contributed by atoms with Gasteiger partial charge in [-0.2, -0.15) is 0 Å². The molecule has 6 rings (SSSR count). The van der Waals surface area contributed by atoms with Crippen LogP contribution in [0.3, 0.4) is 0 Å². The van der Waals surface area contributed by atoms with Gasteiger partial charge in [-0.1, -0.05) is 42.5 Å². The molecule has 59 heavy (non-hydrogen) atoms. The summed E-state index contributed by atoms with van der Waals surface area (Å²) in [6.45, 7) is 0.425. The van der Waals surface area contributed by atoms with E-state index in [1.165, 1.54) is 25.2 Å². The molecule has 0 saturated carbocycles. The summed E-state index contributed by atoms with van der Waals surface area (Å²) in [5.74, 6) is -0.0649. The van der Waals surface area contributed by atoms with Crippen LogP contribution in [0.25, 0.3) is 17.1 Å². The van der Waals surface area contributed by atoms with Crippen LogP contribution in [0.1, 0.15) is 39.3 Å². The number of hydrogen-bond donors (Lipinski definition) is 3. The van der Waals surface area contributed by atoms with Crippen molar-refractivity contribution in [2.75, 3.05) is 31.0 Å². The zero-order valence-corrected chi connectivity index (χ0v) is 32.5. The average Bonchev–Trinajstić information content (AvgIpc) is 3.59. The van der Waals surface area contributed by atoms with Crippen LogP contribution in [0.2, 0.25) is 0 Å². The Morgan fingerprint density at radius 1 is 0.864 bits per heavy atom. The number of hydrogen-bond acceptors (Lipinski definition) is 12. The maximum atomic E-state index is 14.0. The number of aromatic nitrogens is 3. The molecule has 0 aliphatic rings. The van der Waals surface area contributed by atoms with E-state index in [-0.39, 0.29) is 42.8 Å². The summed E-state index contributed by atoms with van der Waals surface area (Å²) >= 11 is 0. The van der Waals surface area contributed by atoms with Crippen molar-refractivity contribution in [1.82, 2.24) is 19.9 Å². The maximum absolute atomic E-state index is 14.0. The Labute approximate surface area is 339 Å². The number of fused-ring (bicyclic) bond motifs is 1. The van der Waals surface area contributed by atoms with Crippen LogP contribution < -0.4 is 25.0 Å². The molecule has 15 nitrogen and oxygen atoms in total. The molecule has 0 aliphatic heterocycles. The lowest BCUT2D eigenvalue weighted by Crippen LogP contribution is -2.34. The van der Waals surface area contributed by atoms with Crippen LogP contribution in [0.4, 0.5) is 16.3 Å². The molecular weight excluding hydrogens is 755 g/mol. The number of alkyl carbamates (subject to hydrolysis) is 1. The van der Waals surface area contributed by atoms with Gasteiger partial charge < -0.3 is 28.8 Å². The van der Waals surface area contributed by atoms with E-state index in [2.05, 4.69) is 20.4 Å². The number of nitrogens with one attached hydrogen (secondary N) is 3. The fraction of sp³-hybridized carbons (Fsp3) is 0.159. The number of methoxy groups -OCH3 is 2. The fourth-order valence-corrected chi connectivity index (χ4v) is 5.88. The Hall–Kier alpha value is -7.81. The number of carbonyl (C=O) groups excluding carboxylic acids is 4. The summed E-state index contributed by atoms with van der Waals surface area (Å²) in [4.78, 5) is 61.4. The first-order chi connectivity index (χ1) is 28.6. The Bertz CT molecular complexity index is 2490. The predicted octanol–water partition coefficient (Wildman–Crippen LogP) is 6.67. The van der Waals surface area contributed by atoms with E-state index in [9.17, 15) is 19.2 Å². The van der Waals surface area contributed by atoms with Gasteiger partial charge in [0, 0.05) is 42.7 Å². The highest BCUT2D eigenvalue weighted by Gasteiger charge is 2.22. The fourth-order valence-electron chi connectivity index (χ4n) is 5.88. The number of amidine groups is 1. The lowest BCUT2D eigenvalue weighted by atomic mass is 10.1. The van der Waals surface area contributed by atoms with E-state index >= 15 is 0 Å². The van der Waals surface area contributed by atoms with Crippen LogP contribution >= 0.6 is 0 Å². The summed E-state index contributed by atoms with van der Waals surface area (Å²) in [7, 11) is 4.60. The van der Waals surface area contributed by atoms with Crippen LogP contribution in [-0.2, 0) is 39.3 Å². The number of pyridine rings is 1. The van der Waals surface area contributed by atoms with Crippen LogP contribution in [0.15, 0.2) is 121 Å². The molecule has 0 atom stereocenters. The van der Waals surface area contributed by atoms with Crippen molar-refractivity contribution in [2.24, 2.45) is 7.05 Å². The van der Waals surface area contributed by atoms with Gasteiger partial charge in [0.2, 0.25) is 0 Å². The summed E-state index contributed by atoms with van der Waals surface area (Å²) in [6.07, 6.45) is 3.50. The van der Waals surface area contributed by atoms with E-state index in [1.54, 1.807) is 85.1 Å². The minimum Gasteiger partial charge on any atom is -0.493 e. The van der Waals surface area contributed by atoms with E-state index in [0.717, 1.165) is 16.8 Å². The normalized spacial score (nSPS) is 10.8. The average molecular weight is 796 g/mol. The van der Waals surface area contributed by atoms with Crippen molar-refractivity contribution < 1.29 is 38.1 Å². The third-order valence-corrected chi connectivity index (χ3v) is 9.02.